The summed E-state index contributed by atoms with van der Waals surface area (Å²) in [4.78, 5) is 16.6. The maximum Gasteiger partial charge on any atom is 0.269 e. The predicted octanol–water partition coefficient (Wildman–Crippen LogP) is 3.19. The number of non-ortho nitro benzene ring substituents is 1. The molecule has 150 valence electrons. The molecule has 2 aromatic carbocycles. The van der Waals surface area contributed by atoms with Crippen LogP contribution in [0.1, 0.15) is 11.1 Å². The number of fused-ring (bicyclic) bond motifs is 1. The lowest BCUT2D eigenvalue weighted by Crippen LogP contribution is -2.38. The molecule has 1 N–H and O–H groups in total. The van der Waals surface area contributed by atoms with Crippen molar-refractivity contribution in [3.8, 4) is 11.5 Å². The topological polar surface area (TPSA) is 89.2 Å². The third kappa shape index (κ3) is 5.47. The van der Waals surface area contributed by atoms with Gasteiger partial charge in [-0.1, -0.05) is 18.2 Å². The second kappa shape index (κ2) is 10.1. The van der Waals surface area contributed by atoms with Crippen LogP contribution in [0.4, 0.5) is 5.69 Å². The van der Waals surface area contributed by atoms with Crippen molar-refractivity contribution in [2.24, 2.45) is 4.99 Å². The number of guanidine groups is 1. The number of hydrogen-bond donors (Lipinski definition) is 1. The van der Waals surface area contributed by atoms with Gasteiger partial charge in [-0.15, -0.1) is 24.0 Å². The fraction of sp³-hybridized carbons (Fsp3) is 0.316. The zero-order valence-corrected chi connectivity index (χ0v) is 18.1. The summed E-state index contributed by atoms with van der Waals surface area (Å²) >= 11 is 0. The summed E-state index contributed by atoms with van der Waals surface area (Å²) in [6, 6.07) is 12.4. The van der Waals surface area contributed by atoms with Crippen molar-refractivity contribution >= 4 is 35.6 Å². The molecule has 0 fully saturated rings. The van der Waals surface area contributed by atoms with E-state index in [9.17, 15) is 10.1 Å². The van der Waals surface area contributed by atoms with Crippen LogP contribution < -0.4 is 14.8 Å². The number of hydrogen-bond acceptors (Lipinski definition) is 5. The molecule has 0 bridgehead atoms. The Hall–Kier alpha value is -2.56. The van der Waals surface area contributed by atoms with Gasteiger partial charge in [0.15, 0.2) is 17.5 Å². The van der Waals surface area contributed by atoms with Crippen molar-refractivity contribution in [3.63, 3.8) is 0 Å². The van der Waals surface area contributed by atoms with Gasteiger partial charge in [0.25, 0.3) is 5.69 Å². The molecule has 1 heterocycles. The smallest absolute Gasteiger partial charge is 0.269 e. The van der Waals surface area contributed by atoms with E-state index in [2.05, 4.69) is 10.3 Å². The van der Waals surface area contributed by atoms with Crippen molar-refractivity contribution in [1.82, 2.24) is 10.2 Å². The number of nitro benzene ring substituents is 1. The molecule has 0 spiro atoms. The van der Waals surface area contributed by atoms with Gasteiger partial charge < -0.3 is 19.7 Å². The van der Waals surface area contributed by atoms with Crippen molar-refractivity contribution in [1.29, 1.82) is 0 Å². The lowest BCUT2D eigenvalue weighted by Gasteiger charge is -2.24. The zero-order valence-electron chi connectivity index (χ0n) is 15.8. The van der Waals surface area contributed by atoms with Crippen LogP contribution in [0.15, 0.2) is 47.5 Å². The molecule has 1 aliphatic heterocycles. The number of aliphatic imine (C=N–C) groups is 1. The fourth-order valence-electron chi connectivity index (χ4n) is 2.84. The van der Waals surface area contributed by atoms with Gasteiger partial charge in [0, 0.05) is 39.3 Å². The van der Waals surface area contributed by atoms with Crippen molar-refractivity contribution in [2.45, 2.75) is 13.1 Å². The molecule has 2 aromatic rings. The standard InChI is InChI=1S/C19H22N4O4.HI/c1-20-19(21-12-14-3-6-16(7-4-14)23(24)25)22(2)13-15-5-8-17-18(11-15)27-10-9-26-17;/h3-8,11H,9-10,12-13H2,1-2H3,(H,20,21);1H. The van der Waals surface area contributed by atoms with Crippen LogP contribution in [0.5, 0.6) is 11.5 Å². The normalized spacial score (nSPS) is 12.7. The quantitative estimate of drug-likeness (QED) is 0.224. The third-order valence-electron chi connectivity index (χ3n) is 4.20. The summed E-state index contributed by atoms with van der Waals surface area (Å²) in [5, 5.41) is 14.0. The lowest BCUT2D eigenvalue weighted by molar-refractivity contribution is -0.384. The number of nitrogens with one attached hydrogen (secondary N) is 1. The average Bonchev–Trinajstić information content (AvgIpc) is 2.68. The molecule has 0 amide bonds. The highest BCUT2D eigenvalue weighted by Gasteiger charge is 2.13. The van der Waals surface area contributed by atoms with E-state index >= 15 is 0 Å². The van der Waals surface area contributed by atoms with Gasteiger partial charge in [-0.25, -0.2) is 0 Å². The van der Waals surface area contributed by atoms with Crippen molar-refractivity contribution in [3.05, 3.63) is 63.7 Å². The highest BCUT2D eigenvalue weighted by molar-refractivity contribution is 14.0. The first kappa shape index (κ1) is 21.7. The minimum atomic E-state index is -0.406. The van der Waals surface area contributed by atoms with Crippen molar-refractivity contribution in [2.75, 3.05) is 27.3 Å². The predicted molar refractivity (Wildman–Crippen MR) is 118 cm³/mol. The Kier molecular flexibility index (Phi) is 7.85. The minimum absolute atomic E-state index is 0. The number of halogens is 1. The van der Waals surface area contributed by atoms with Crippen molar-refractivity contribution < 1.29 is 14.4 Å². The first-order valence-electron chi connectivity index (χ1n) is 8.60. The van der Waals surface area contributed by atoms with Gasteiger partial charge in [-0.05, 0) is 23.3 Å². The maximum atomic E-state index is 10.7. The van der Waals surface area contributed by atoms with E-state index < -0.39 is 4.92 Å². The molecule has 28 heavy (non-hydrogen) atoms. The summed E-state index contributed by atoms with van der Waals surface area (Å²) in [5.74, 6) is 2.26. The number of nitro groups is 1. The Morgan fingerprint density at radius 3 is 2.43 bits per heavy atom. The Morgan fingerprint density at radius 1 is 1.14 bits per heavy atom. The van der Waals surface area contributed by atoms with E-state index in [0.717, 1.165) is 28.6 Å². The van der Waals surface area contributed by atoms with Crippen LogP contribution in [0.25, 0.3) is 0 Å². The first-order valence-corrected chi connectivity index (χ1v) is 8.60. The molecule has 0 atom stereocenters. The molecule has 9 heteroatoms. The largest absolute Gasteiger partial charge is 0.486 e. The third-order valence-corrected chi connectivity index (χ3v) is 4.20. The highest BCUT2D eigenvalue weighted by atomic mass is 127. The maximum absolute atomic E-state index is 10.7. The number of benzene rings is 2. The molecule has 0 saturated heterocycles. The van der Waals surface area contributed by atoms with Gasteiger partial charge in [-0.2, -0.15) is 0 Å². The van der Waals surface area contributed by atoms with Crippen LogP contribution in [-0.2, 0) is 13.1 Å². The average molecular weight is 498 g/mol. The van der Waals surface area contributed by atoms with E-state index in [4.69, 9.17) is 9.47 Å². The van der Waals surface area contributed by atoms with Gasteiger partial charge in [-0.3, -0.25) is 15.1 Å². The van der Waals surface area contributed by atoms with Gasteiger partial charge in [0.05, 0.1) is 4.92 Å². The van der Waals surface area contributed by atoms with Gasteiger partial charge in [0.2, 0.25) is 0 Å². The lowest BCUT2D eigenvalue weighted by atomic mass is 10.2. The van der Waals surface area contributed by atoms with Crippen LogP contribution in [0.3, 0.4) is 0 Å². The zero-order chi connectivity index (χ0) is 19.2. The Morgan fingerprint density at radius 2 is 1.79 bits per heavy atom. The summed E-state index contributed by atoms with van der Waals surface area (Å²) in [7, 11) is 3.67. The molecule has 0 unspecified atom stereocenters. The van der Waals surface area contributed by atoms with E-state index in [1.807, 2.05) is 30.1 Å². The van der Waals surface area contributed by atoms with E-state index in [-0.39, 0.29) is 29.7 Å². The Balaban J connectivity index is 0.00000280. The molecular weight excluding hydrogens is 475 g/mol. The van der Waals surface area contributed by atoms with Crippen LogP contribution >= 0.6 is 24.0 Å². The minimum Gasteiger partial charge on any atom is -0.486 e. The van der Waals surface area contributed by atoms with E-state index in [1.54, 1.807) is 19.2 Å². The Labute approximate surface area is 180 Å². The molecule has 0 saturated carbocycles. The second-order valence-corrected chi connectivity index (χ2v) is 6.16. The summed E-state index contributed by atoms with van der Waals surface area (Å²) < 4.78 is 11.2. The van der Waals surface area contributed by atoms with Crippen LogP contribution in [-0.4, -0.2) is 43.1 Å². The Bertz CT molecular complexity index is 842. The molecule has 8 nitrogen and oxygen atoms in total. The molecule has 3 rings (SSSR count). The van der Waals surface area contributed by atoms with Crippen LogP contribution in [0, 0.1) is 10.1 Å². The monoisotopic (exact) mass is 498 g/mol. The molecule has 0 aromatic heterocycles. The molecule has 0 aliphatic carbocycles. The number of ether oxygens (including phenoxy) is 2. The van der Waals surface area contributed by atoms with Crippen LogP contribution in [0.2, 0.25) is 0 Å². The molecule has 1 aliphatic rings. The van der Waals surface area contributed by atoms with E-state index in [1.165, 1.54) is 12.1 Å². The SMILES string of the molecule is CN=C(NCc1ccc([N+](=O)[O-])cc1)N(C)Cc1ccc2c(c1)OCCO2.I. The molecule has 0 radical (unpaired) electrons. The van der Waals surface area contributed by atoms with Gasteiger partial charge in [0.1, 0.15) is 13.2 Å². The molecular formula is C19H23IN4O4. The number of rotatable bonds is 5. The summed E-state index contributed by atoms with van der Waals surface area (Å²) in [6.45, 7) is 2.31. The summed E-state index contributed by atoms with van der Waals surface area (Å²) in [5.41, 5.74) is 2.10. The van der Waals surface area contributed by atoms with Gasteiger partial charge >= 0.3 is 0 Å². The second-order valence-electron chi connectivity index (χ2n) is 6.16. The first-order chi connectivity index (χ1) is 13.1. The highest BCUT2D eigenvalue weighted by Crippen LogP contribution is 2.31. The fourth-order valence-corrected chi connectivity index (χ4v) is 2.84. The summed E-state index contributed by atoms with van der Waals surface area (Å²) in [6.07, 6.45) is 0. The van der Waals surface area contributed by atoms with E-state index in [0.29, 0.717) is 26.3 Å². The number of nitrogens with zero attached hydrogens (tertiary/aromatic N) is 3.